The van der Waals surface area contributed by atoms with Gasteiger partial charge in [0.1, 0.15) is 19.8 Å². The zero-order valence-corrected chi connectivity index (χ0v) is 23.6. The Morgan fingerprint density at radius 2 is 1.30 bits per heavy atom. The molecule has 0 aromatic heterocycles. The van der Waals surface area contributed by atoms with E-state index in [9.17, 15) is 28.8 Å². The van der Waals surface area contributed by atoms with Crippen LogP contribution < -0.4 is 10.6 Å². The fraction of sp³-hybridized carbons (Fsp3) is 0.760. The van der Waals surface area contributed by atoms with Crippen LogP contribution in [0.4, 0.5) is 4.79 Å². The van der Waals surface area contributed by atoms with E-state index in [1.165, 1.54) is 7.05 Å². The monoisotopic (exact) mass is 567 g/mol. The predicted molar refractivity (Wildman–Crippen MR) is 141 cm³/mol. The highest BCUT2D eigenvalue weighted by Gasteiger charge is 2.38. The Labute approximate surface area is 234 Å². The van der Waals surface area contributed by atoms with Crippen LogP contribution in [0.25, 0.3) is 0 Å². The first-order valence-electron chi connectivity index (χ1n) is 13.6. The van der Waals surface area contributed by atoms with E-state index in [1.54, 1.807) is 31.5 Å². The first kappa shape index (κ1) is 31.1. The van der Waals surface area contributed by atoms with Gasteiger partial charge in [-0.1, -0.05) is 0 Å². The van der Waals surface area contributed by atoms with E-state index in [4.69, 9.17) is 9.47 Å². The summed E-state index contributed by atoms with van der Waals surface area (Å²) < 4.78 is 10.6. The fourth-order valence-corrected chi connectivity index (χ4v) is 4.83. The average Bonchev–Trinajstić information content (AvgIpc) is 3.23. The SMILES string of the molecule is CNC(=O)COCC(=O)N1CCN(C(=O)N2CCN(C(=O)COCCNC(=O)[C@H]3CC(=O)N(C)[C@@H]3C)CC2)CC1. The van der Waals surface area contributed by atoms with E-state index in [0.717, 1.165) is 0 Å². The van der Waals surface area contributed by atoms with Gasteiger partial charge < -0.3 is 44.6 Å². The number of hydrogen-bond acceptors (Lipinski definition) is 8. The minimum absolute atomic E-state index is 0.0480. The van der Waals surface area contributed by atoms with Crippen molar-refractivity contribution in [1.82, 2.24) is 35.1 Å². The molecule has 0 aliphatic carbocycles. The molecule has 2 N–H and O–H groups in total. The summed E-state index contributed by atoms with van der Waals surface area (Å²) in [4.78, 5) is 81.2. The predicted octanol–water partition coefficient (Wildman–Crippen LogP) is -2.84. The summed E-state index contributed by atoms with van der Waals surface area (Å²) in [6.07, 6.45) is 0.199. The molecule has 0 unspecified atom stereocenters. The van der Waals surface area contributed by atoms with Gasteiger partial charge in [0.25, 0.3) is 0 Å². The van der Waals surface area contributed by atoms with Gasteiger partial charge in [0.2, 0.25) is 29.5 Å². The van der Waals surface area contributed by atoms with Gasteiger partial charge in [-0.2, -0.15) is 0 Å². The van der Waals surface area contributed by atoms with E-state index in [-0.39, 0.29) is 86.9 Å². The molecule has 2 atom stereocenters. The van der Waals surface area contributed by atoms with Crippen LogP contribution in [-0.2, 0) is 33.4 Å². The summed E-state index contributed by atoms with van der Waals surface area (Å²) in [5.74, 6) is -1.33. The van der Waals surface area contributed by atoms with Gasteiger partial charge in [0, 0.05) is 85.5 Å². The number of likely N-dealkylation sites (N-methyl/N-ethyl adjacent to an activating group) is 1. The second-order valence-electron chi connectivity index (χ2n) is 10.1. The Morgan fingerprint density at radius 3 is 1.77 bits per heavy atom. The summed E-state index contributed by atoms with van der Waals surface area (Å²) in [5, 5.41) is 5.18. The molecule has 3 aliphatic rings. The summed E-state index contributed by atoms with van der Waals surface area (Å²) in [5.41, 5.74) is 0. The largest absolute Gasteiger partial charge is 0.370 e. The number of nitrogens with one attached hydrogen (secondary N) is 2. The normalized spacial score (nSPS) is 21.5. The van der Waals surface area contributed by atoms with E-state index >= 15 is 0 Å². The Bertz CT molecular complexity index is 947. The zero-order valence-electron chi connectivity index (χ0n) is 23.6. The molecule has 3 aliphatic heterocycles. The molecule has 3 fully saturated rings. The summed E-state index contributed by atoms with van der Waals surface area (Å²) in [6, 6.07) is -0.270. The lowest BCUT2D eigenvalue weighted by Gasteiger charge is -2.40. The van der Waals surface area contributed by atoms with Gasteiger partial charge in [0.15, 0.2) is 0 Å². The number of carbonyl (C=O) groups excluding carboxylic acids is 6. The number of piperazine rings is 2. The highest BCUT2D eigenvalue weighted by Crippen LogP contribution is 2.23. The highest BCUT2D eigenvalue weighted by molar-refractivity contribution is 5.89. The average molecular weight is 568 g/mol. The van der Waals surface area contributed by atoms with Crippen LogP contribution in [-0.4, -0.2) is 166 Å². The van der Waals surface area contributed by atoms with E-state index in [0.29, 0.717) is 52.4 Å². The number of nitrogens with zero attached hydrogens (tertiary/aromatic N) is 5. The molecule has 3 saturated heterocycles. The summed E-state index contributed by atoms with van der Waals surface area (Å²) >= 11 is 0. The maximum Gasteiger partial charge on any atom is 0.320 e. The van der Waals surface area contributed by atoms with Crippen LogP contribution in [0.2, 0.25) is 0 Å². The second-order valence-corrected chi connectivity index (χ2v) is 10.1. The zero-order chi connectivity index (χ0) is 29.2. The third-order valence-electron chi connectivity index (χ3n) is 7.63. The number of hydrogen-bond donors (Lipinski definition) is 2. The number of amides is 7. The third kappa shape index (κ3) is 8.27. The second kappa shape index (κ2) is 14.8. The van der Waals surface area contributed by atoms with Gasteiger partial charge in [-0.3, -0.25) is 24.0 Å². The van der Waals surface area contributed by atoms with Crippen molar-refractivity contribution in [3.63, 3.8) is 0 Å². The molecular weight excluding hydrogens is 526 g/mol. The molecule has 7 amide bonds. The van der Waals surface area contributed by atoms with Crippen LogP contribution in [0.5, 0.6) is 0 Å². The van der Waals surface area contributed by atoms with Crippen molar-refractivity contribution in [3.05, 3.63) is 0 Å². The van der Waals surface area contributed by atoms with Crippen LogP contribution in [0, 0.1) is 5.92 Å². The highest BCUT2D eigenvalue weighted by atomic mass is 16.5. The van der Waals surface area contributed by atoms with Crippen molar-refractivity contribution < 1.29 is 38.2 Å². The number of rotatable bonds is 10. The molecule has 3 rings (SSSR count). The van der Waals surface area contributed by atoms with Gasteiger partial charge in [-0.25, -0.2) is 4.79 Å². The molecule has 15 heteroatoms. The summed E-state index contributed by atoms with van der Waals surface area (Å²) in [6.45, 7) is 4.96. The Balaban J connectivity index is 1.27. The molecule has 0 saturated carbocycles. The van der Waals surface area contributed by atoms with E-state index in [1.807, 2.05) is 6.92 Å². The molecule has 0 aromatic carbocycles. The quantitative estimate of drug-likeness (QED) is 0.267. The van der Waals surface area contributed by atoms with Crippen molar-refractivity contribution in [2.24, 2.45) is 5.92 Å². The van der Waals surface area contributed by atoms with Crippen molar-refractivity contribution in [2.75, 3.05) is 99.4 Å². The minimum Gasteiger partial charge on any atom is -0.370 e. The number of urea groups is 1. The number of likely N-dealkylation sites (tertiary alicyclic amines) is 1. The standard InChI is InChI=1S/C25H41N7O8/c1-18-19(14-21(34)28(18)3)24(37)27-4-13-39-16-22(35)29-5-9-31(10-6-29)25(38)32-11-7-30(8-12-32)23(36)17-40-15-20(33)26-2/h18-19H,4-17H2,1-3H3,(H,26,33)(H,27,37)/t18-,19+/m1/s1. The minimum atomic E-state index is -0.384. The molecule has 15 nitrogen and oxygen atoms in total. The van der Waals surface area contributed by atoms with E-state index < -0.39 is 0 Å². The first-order chi connectivity index (χ1) is 19.1. The van der Waals surface area contributed by atoms with Crippen LogP contribution in [0.15, 0.2) is 0 Å². The maximum atomic E-state index is 12.9. The lowest BCUT2D eigenvalue weighted by Crippen LogP contribution is -2.58. The van der Waals surface area contributed by atoms with Crippen LogP contribution >= 0.6 is 0 Å². The van der Waals surface area contributed by atoms with E-state index in [2.05, 4.69) is 10.6 Å². The van der Waals surface area contributed by atoms with Gasteiger partial charge >= 0.3 is 6.03 Å². The lowest BCUT2D eigenvalue weighted by atomic mass is 10.0. The Kier molecular flexibility index (Phi) is 11.5. The van der Waals surface area contributed by atoms with Crippen LogP contribution in [0.3, 0.4) is 0 Å². The van der Waals surface area contributed by atoms with Crippen molar-refractivity contribution in [3.8, 4) is 0 Å². The maximum absolute atomic E-state index is 12.9. The Hall–Kier alpha value is -3.46. The molecule has 0 aromatic rings. The fourth-order valence-electron chi connectivity index (χ4n) is 4.83. The van der Waals surface area contributed by atoms with Gasteiger partial charge in [-0.15, -0.1) is 0 Å². The van der Waals surface area contributed by atoms with Crippen molar-refractivity contribution >= 4 is 35.6 Å². The number of ether oxygens (including phenoxy) is 2. The van der Waals surface area contributed by atoms with Crippen LogP contribution in [0.1, 0.15) is 13.3 Å². The lowest BCUT2D eigenvalue weighted by molar-refractivity contribution is -0.139. The number of carbonyl (C=O) groups is 6. The van der Waals surface area contributed by atoms with Gasteiger partial charge in [0.05, 0.1) is 12.5 Å². The molecule has 0 spiro atoms. The van der Waals surface area contributed by atoms with Crippen molar-refractivity contribution in [2.45, 2.75) is 19.4 Å². The molecule has 40 heavy (non-hydrogen) atoms. The Morgan fingerprint density at radius 1 is 0.800 bits per heavy atom. The van der Waals surface area contributed by atoms with Crippen molar-refractivity contribution in [1.29, 1.82) is 0 Å². The van der Waals surface area contributed by atoms with Gasteiger partial charge in [-0.05, 0) is 6.92 Å². The topological polar surface area (TPSA) is 161 Å². The molecule has 224 valence electrons. The molecule has 3 heterocycles. The smallest absolute Gasteiger partial charge is 0.320 e. The molecular formula is C25H41N7O8. The third-order valence-corrected chi connectivity index (χ3v) is 7.63. The first-order valence-corrected chi connectivity index (χ1v) is 13.6. The molecule has 0 radical (unpaired) electrons. The summed E-state index contributed by atoms with van der Waals surface area (Å²) in [7, 11) is 3.18. The molecule has 0 bridgehead atoms.